The molecule has 3 rings (SSSR count). The molecule has 0 aliphatic rings. The Morgan fingerprint density at radius 1 is 0.610 bits per heavy atom. The van der Waals surface area contributed by atoms with Crippen LogP contribution in [0.1, 0.15) is 119 Å². The third-order valence-corrected chi connectivity index (χ3v) is 7.74. The SMILES string of the molecule is CCCCCCCCCCCCCCCOc1ccc(-c2ccc(OC(=O)c3ccc(C(C)OC)cc3)cc2)cc1. The van der Waals surface area contributed by atoms with Gasteiger partial charge in [-0.1, -0.05) is 120 Å². The Hall–Kier alpha value is -3.11. The normalized spacial score (nSPS) is 11.8. The molecule has 0 aliphatic carbocycles. The summed E-state index contributed by atoms with van der Waals surface area (Å²) in [7, 11) is 1.67. The van der Waals surface area contributed by atoms with Crippen molar-refractivity contribution in [2.75, 3.05) is 13.7 Å². The van der Waals surface area contributed by atoms with Crippen molar-refractivity contribution in [2.45, 2.75) is 103 Å². The molecule has 0 heterocycles. The molecule has 0 bridgehead atoms. The van der Waals surface area contributed by atoms with Crippen LogP contribution in [-0.4, -0.2) is 19.7 Å². The summed E-state index contributed by atoms with van der Waals surface area (Å²) in [5, 5.41) is 0. The number of hydrogen-bond acceptors (Lipinski definition) is 4. The summed E-state index contributed by atoms with van der Waals surface area (Å²) in [5.74, 6) is 1.05. The first-order chi connectivity index (χ1) is 20.1. The third-order valence-electron chi connectivity index (χ3n) is 7.74. The molecule has 1 unspecified atom stereocenters. The van der Waals surface area contributed by atoms with Crippen LogP contribution in [0.25, 0.3) is 11.1 Å². The monoisotopic (exact) mass is 558 g/mol. The van der Waals surface area contributed by atoms with E-state index in [-0.39, 0.29) is 12.1 Å². The number of ether oxygens (including phenoxy) is 3. The largest absolute Gasteiger partial charge is 0.494 e. The van der Waals surface area contributed by atoms with E-state index < -0.39 is 0 Å². The summed E-state index contributed by atoms with van der Waals surface area (Å²) in [4.78, 5) is 12.5. The van der Waals surface area contributed by atoms with Crippen molar-refractivity contribution in [3.8, 4) is 22.6 Å². The molecule has 0 aromatic heterocycles. The molecule has 41 heavy (non-hydrogen) atoms. The highest BCUT2D eigenvalue weighted by Crippen LogP contribution is 2.25. The van der Waals surface area contributed by atoms with Crippen LogP contribution in [0.3, 0.4) is 0 Å². The molecule has 4 nitrogen and oxygen atoms in total. The molecule has 222 valence electrons. The van der Waals surface area contributed by atoms with E-state index in [1.165, 1.54) is 77.0 Å². The fraction of sp³-hybridized carbons (Fsp3) is 0.486. The predicted octanol–water partition coefficient (Wildman–Crippen LogP) is 10.8. The van der Waals surface area contributed by atoms with Crippen molar-refractivity contribution in [2.24, 2.45) is 0 Å². The maximum Gasteiger partial charge on any atom is 0.343 e. The molecule has 0 amide bonds. The summed E-state index contributed by atoms with van der Waals surface area (Å²) in [6.45, 7) is 5.02. The quantitative estimate of drug-likeness (QED) is 0.0786. The standard InChI is InChI=1S/C37H50O4/c1-4-5-6-7-8-9-10-11-12-13-14-15-16-29-40-35-25-21-32(22-26-35)33-23-27-36(28-24-33)41-37(38)34-19-17-31(18-20-34)30(2)39-3/h17-28,30H,4-16,29H2,1-3H3. The fourth-order valence-corrected chi connectivity index (χ4v) is 4.96. The van der Waals surface area contributed by atoms with E-state index in [0.29, 0.717) is 11.3 Å². The van der Waals surface area contributed by atoms with E-state index in [4.69, 9.17) is 14.2 Å². The smallest absolute Gasteiger partial charge is 0.343 e. The minimum Gasteiger partial charge on any atom is -0.494 e. The number of methoxy groups -OCH3 is 1. The van der Waals surface area contributed by atoms with Gasteiger partial charge in [-0.15, -0.1) is 0 Å². The third kappa shape index (κ3) is 12.1. The lowest BCUT2D eigenvalue weighted by Crippen LogP contribution is -2.08. The van der Waals surface area contributed by atoms with Crippen LogP contribution in [0.4, 0.5) is 0 Å². The number of unbranched alkanes of at least 4 members (excludes halogenated alkanes) is 12. The maximum absolute atomic E-state index is 12.5. The van der Waals surface area contributed by atoms with E-state index in [1.807, 2.05) is 55.5 Å². The predicted molar refractivity (Wildman–Crippen MR) is 170 cm³/mol. The van der Waals surface area contributed by atoms with Crippen molar-refractivity contribution in [1.29, 1.82) is 0 Å². The van der Waals surface area contributed by atoms with E-state index in [2.05, 4.69) is 19.1 Å². The maximum atomic E-state index is 12.5. The number of benzene rings is 3. The van der Waals surface area contributed by atoms with Gasteiger partial charge in [0.2, 0.25) is 0 Å². The van der Waals surface area contributed by atoms with Gasteiger partial charge in [-0.25, -0.2) is 4.79 Å². The van der Waals surface area contributed by atoms with Crippen LogP contribution in [0.5, 0.6) is 11.5 Å². The average molecular weight is 559 g/mol. The van der Waals surface area contributed by atoms with Crippen molar-refractivity contribution in [1.82, 2.24) is 0 Å². The summed E-state index contributed by atoms with van der Waals surface area (Å²) in [6.07, 6.45) is 17.6. The molecule has 0 spiro atoms. The lowest BCUT2D eigenvalue weighted by molar-refractivity contribution is 0.0734. The van der Waals surface area contributed by atoms with Gasteiger partial charge in [-0.2, -0.15) is 0 Å². The molecule has 0 aliphatic heterocycles. The van der Waals surface area contributed by atoms with Crippen LogP contribution in [0.2, 0.25) is 0 Å². The van der Waals surface area contributed by atoms with Gasteiger partial charge in [0.15, 0.2) is 0 Å². The fourth-order valence-electron chi connectivity index (χ4n) is 4.96. The van der Waals surface area contributed by atoms with Crippen LogP contribution >= 0.6 is 0 Å². The number of carbonyl (C=O) groups is 1. The van der Waals surface area contributed by atoms with Gasteiger partial charge in [0.05, 0.1) is 18.3 Å². The van der Waals surface area contributed by atoms with Gasteiger partial charge < -0.3 is 14.2 Å². The van der Waals surface area contributed by atoms with E-state index in [1.54, 1.807) is 19.2 Å². The minimum atomic E-state index is -0.376. The average Bonchev–Trinajstić information content (AvgIpc) is 3.01. The van der Waals surface area contributed by atoms with Gasteiger partial charge in [0, 0.05) is 7.11 Å². The minimum absolute atomic E-state index is 0.0164. The van der Waals surface area contributed by atoms with E-state index in [0.717, 1.165) is 35.5 Å². The molecule has 3 aromatic carbocycles. The molecular weight excluding hydrogens is 508 g/mol. The molecule has 0 fully saturated rings. The summed E-state index contributed by atoms with van der Waals surface area (Å²) in [6, 6.07) is 23.1. The summed E-state index contributed by atoms with van der Waals surface area (Å²) >= 11 is 0. The van der Waals surface area contributed by atoms with Gasteiger partial charge in [0.25, 0.3) is 0 Å². The van der Waals surface area contributed by atoms with Crippen LogP contribution < -0.4 is 9.47 Å². The van der Waals surface area contributed by atoms with Crippen molar-refractivity contribution < 1.29 is 19.0 Å². The first-order valence-corrected chi connectivity index (χ1v) is 15.8. The summed E-state index contributed by atoms with van der Waals surface area (Å²) in [5.41, 5.74) is 3.68. The van der Waals surface area contributed by atoms with Crippen molar-refractivity contribution in [3.05, 3.63) is 83.9 Å². The zero-order valence-corrected chi connectivity index (χ0v) is 25.5. The van der Waals surface area contributed by atoms with Crippen molar-refractivity contribution in [3.63, 3.8) is 0 Å². The van der Waals surface area contributed by atoms with Gasteiger partial charge in [-0.3, -0.25) is 0 Å². The Balaban J connectivity index is 1.29. The molecule has 4 heteroatoms. The van der Waals surface area contributed by atoms with E-state index in [9.17, 15) is 4.79 Å². The molecule has 0 N–H and O–H groups in total. The number of hydrogen-bond donors (Lipinski definition) is 0. The molecule has 1 atom stereocenters. The number of rotatable bonds is 20. The van der Waals surface area contributed by atoms with Crippen LogP contribution in [-0.2, 0) is 4.74 Å². The second kappa shape index (κ2) is 19.1. The Morgan fingerprint density at radius 3 is 1.56 bits per heavy atom. The summed E-state index contributed by atoms with van der Waals surface area (Å²) < 4.78 is 16.8. The molecular formula is C37H50O4. The van der Waals surface area contributed by atoms with Crippen LogP contribution in [0, 0.1) is 0 Å². The highest BCUT2D eigenvalue weighted by atomic mass is 16.5. The topological polar surface area (TPSA) is 44.8 Å². The number of carbonyl (C=O) groups excluding carboxylic acids is 1. The van der Waals surface area contributed by atoms with Gasteiger partial charge >= 0.3 is 5.97 Å². The second-order valence-corrected chi connectivity index (χ2v) is 11.0. The Kier molecular flexibility index (Phi) is 15.1. The molecule has 0 radical (unpaired) electrons. The van der Waals surface area contributed by atoms with Crippen LogP contribution in [0.15, 0.2) is 72.8 Å². The lowest BCUT2D eigenvalue weighted by Gasteiger charge is -2.10. The number of esters is 1. The second-order valence-electron chi connectivity index (χ2n) is 11.0. The Labute approximate surface area is 248 Å². The Morgan fingerprint density at radius 2 is 1.07 bits per heavy atom. The highest BCUT2D eigenvalue weighted by molar-refractivity contribution is 5.91. The first-order valence-electron chi connectivity index (χ1n) is 15.8. The molecule has 3 aromatic rings. The zero-order chi connectivity index (χ0) is 29.1. The molecule has 0 saturated carbocycles. The Bertz CT molecular complexity index is 1100. The highest BCUT2D eigenvalue weighted by Gasteiger charge is 2.11. The van der Waals surface area contributed by atoms with Crippen molar-refractivity contribution >= 4 is 5.97 Å². The van der Waals surface area contributed by atoms with Gasteiger partial charge in [-0.05, 0) is 66.4 Å². The molecule has 0 saturated heterocycles. The van der Waals surface area contributed by atoms with E-state index >= 15 is 0 Å². The first kappa shape index (κ1) is 32.4. The van der Waals surface area contributed by atoms with Gasteiger partial charge in [0.1, 0.15) is 11.5 Å². The zero-order valence-electron chi connectivity index (χ0n) is 25.5. The lowest BCUT2D eigenvalue weighted by atomic mass is 10.0.